The van der Waals surface area contributed by atoms with Crippen LogP contribution in [0.15, 0.2) is 4.42 Å². The van der Waals surface area contributed by atoms with Crippen molar-refractivity contribution in [3.63, 3.8) is 0 Å². The van der Waals surface area contributed by atoms with Gasteiger partial charge in [-0.3, -0.25) is 0 Å². The van der Waals surface area contributed by atoms with Crippen molar-refractivity contribution in [1.29, 1.82) is 0 Å². The Hall–Kier alpha value is -2.18. The Balaban J connectivity index is 2.48. The molecule has 0 radical (unpaired) electrons. The molecule has 0 fully saturated rings. The maximum absolute atomic E-state index is 10.7. The molecule has 0 amide bonds. The molecule has 0 aromatic carbocycles. The molecule has 2 rings (SSSR count). The van der Waals surface area contributed by atoms with Crippen molar-refractivity contribution in [2.45, 2.75) is 26.8 Å². The van der Waals surface area contributed by atoms with Crippen LogP contribution in [-0.4, -0.2) is 27.0 Å². The van der Waals surface area contributed by atoms with Crippen LogP contribution in [0.2, 0.25) is 0 Å². The van der Waals surface area contributed by atoms with Gasteiger partial charge in [0.15, 0.2) is 17.2 Å². The standard InChI is InChI=1S/C10H12N4O3/c1-4(10(15)16)11-8-7-9(13-5(2)12-8)17-6(3)14-7/h4H,1-3H3,(H,15,16)(H,11,12,13)/p-1/t4-/m1/s1. The molecule has 0 aliphatic carbocycles. The number of aryl methyl sites for hydroxylation is 2. The van der Waals surface area contributed by atoms with Gasteiger partial charge in [0, 0.05) is 6.92 Å². The first-order valence-electron chi connectivity index (χ1n) is 5.06. The van der Waals surface area contributed by atoms with Crippen molar-refractivity contribution in [3.8, 4) is 0 Å². The summed E-state index contributed by atoms with van der Waals surface area (Å²) in [5.41, 5.74) is 0.754. The lowest BCUT2D eigenvalue weighted by Crippen LogP contribution is -2.38. The number of carbonyl (C=O) groups is 1. The minimum atomic E-state index is -1.21. The van der Waals surface area contributed by atoms with Crippen LogP contribution in [0.1, 0.15) is 18.6 Å². The van der Waals surface area contributed by atoms with E-state index in [1.54, 1.807) is 13.8 Å². The van der Waals surface area contributed by atoms with E-state index in [1.165, 1.54) is 6.92 Å². The smallest absolute Gasteiger partial charge is 0.252 e. The highest BCUT2D eigenvalue weighted by molar-refractivity contribution is 5.84. The van der Waals surface area contributed by atoms with Gasteiger partial charge in [0.2, 0.25) is 0 Å². The second-order valence-electron chi connectivity index (χ2n) is 3.69. The van der Waals surface area contributed by atoms with E-state index >= 15 is 0 Å². The fourth-order valence-corrected chi connectivity index (χ4v) is 1.40. The van der Waals surface area contributed by atoms with E-state index in [4.69, 9.17) is 4.42 Å². The van der Waals surface area contributed by atoms with Crippen LogP contribution in [0.25, 0.3) is 11.2 Å². The molecule has 0 saturated carbocycles. The van der Waals surface area contributed by atoms with Crippen molar-refractivity contribution in [2.75, 3.05) is 5.32 Å². The van der Waals surface area contributed by atoms with E-state index in [0.717, 1.165) is 0 Å². The summed E-state index contributed by atoms with van der Waals surface area (Å²) in [5.74, 6) is 0.0430. The van der Waals surface area contributed by atoms with Gasteiger partial charge < -0.3 is 19.6 Å². The SMILES string of the molecule is Cc1nc(N[C@H](C)C(=O)[O-])c2nc(C)oc2n1. The molecule has 0 spiro atoms. The summed E-state index contributed by atoms with van der Waals surface area (Å²) >= 11 is 0. The van der Waals surface area contributed by atoms with Crippen LogP contribution in [-0.2, 0) is 4.79 Å². The molecular formula is C10H11N4O3-. The molecule has 7 nitrogen and oxygen atoms in total. The van der Waals surface area contributed by atoms with Crippen LogP contribution in [0.4, 0.5) is 5.82 Å². The number of nitrogens with one attached hydrogen (secondary N) is 1. The normalized spacial score (nSPS) is 12.6. The second kappa shape index (κ2) is 4.00. The molecule has 0 bridgehead atoms. The third-order valence-electron chi connectivity index (χ3n) is 2.18. The Kier molecular flexibility index (Phi) is 2.66. The molecule has 0 unspecified atom stereocenters. The van der Waals surface area contributed by atoms with Crippen molar-refractivity contribution in [2.24, 2.45) is 0 Å². The van der Waals surface area contributed by atoms with Gasteiger partial charge >= 0.3 is 0 Å². The van der Waals surface area contributed by atoms with E-state index in [1.807, 2.05) is 0 Å². The third kappa shape index (κ3) is 2.17. The average molecular weight is 235 g/mol. The Morgan fingerprint density at radius 1 is 1.35 bits per heavy atom. The first-order chi connectivity index (χ1) is 7.97. The molecule has 1 atom stereocenters. The Morgan fingerprint density at radius 2 is 2.06 bits per heavy atom. The lowest BCUT2D eigenvalue weighted by atomic mass is 10.3. The summed E-state index contributed by atoms with van der Waals surface area (Å²) in [5, 5.41) is 13.4. The second-order valence-corrected chi connectivity index (χ2v) is 3.69. The summed E-state index contributed by atoms with van der Waals surface area (Å²) in [6.45, 7) is 4.83. The fourth-order valence-electron chi connectivity index (χ4n) is 1.40. The first-order valence-corrected chi connectivity index (χ1v) is 5.06. The maximum Gasteiger partial charge on any atom is 0.252 e. The predicted octanol–water partition coefficient (Wildman–Crippen LogP) is -0.215. The molecule has 0 aliphatic heterocycles. The number of hydrogen-bond donors (Lipinski definition) is 1. The van der Waals surface area contributed by atoms with Crippen LogP contribution >= 0.6 is 0 Å². The van der Waals surface area contributed by atoms with Gasteiger partial charge in [0.25, 0.3) is 5.71 Å². The molecule has 0 aliphatic rings. The number of carbonyl (C=O) groups excluding carboxylic acids is 1. The van der Waals surface area contributed by atoms with E-state index in [0.29, 0.717) is 28.8 Å². The molecule has 0 saturated heterocycles. The first kappa shape index (κ1) is 11.3. The Bertz CT molecular complexity index is 578. The number of fused-ring (bicyclic) bond motifs is 1. The summed E-state index contributed by atoms with van der Waals surface area (Å²) in [4.78, 5) is 22.9. The van der Waals surface area contributed by atoms with Gasteiger partial charge in [-0.05, 0) is 13.8 Å². The van der Waals surface area contributed by atoms with Crippen molar-refractivity contribution >= 4 is 23.0 Å². The average Bonchev–Trinajstić information content (AvgIpc) is 2.58. The van der Waals surface area contributed by atoms with Crippen LogP contribution < -0.4 is 10.4 Å². The zero-order chi connectivity index (χ0) is 12.6. The van der Waals surface area contributed by atoms with E-state index < -0.39 is 12.0 Å². The Morgan fingerprint density at radius 3 is 2.71 bits per heavy atom. The van der Waals surface area contributed by atoms with Crippen LogP contribution in [0.3, 0.4) is 0 Å². The number of hydrogen-bond acceptors (Lipinski definition) is 7. The van der Waals surface area contributed by atoms with Crippen molar-refractivity contribution in [1.82, 2.24) is 15.0 Å². The predicted molar refractivity (Wildman–Crippen MR) is 57.2 cm³/mol. The van der Waals surface area contributed by atoms with Gasteiger partial charge in [0.1, 0.15) is 5.82 Å². The number of aromatic nitrogens is 3. The minimum Gasteiger partial charge on any atom is -0.548 e. The highest BCUT2D eigenvalue weighted by atomic mass is 16.4. The molecule has 90 valence electrons. The maximum atomic E-state index is 10.7. The zero-order valence-corrected chi connectivity index (χ0v) is 9.64. The quantitative estimate of drug-likeness (QED) is 0.784. The minimum absolute atomic E-state index is 0.334. The van der Waals surface area contributed by atoms with E-state index in [2.05, 4.69) is 20.3 Å². The number of rotatable bonds is 3. The lowest BCUT2D eigenvalue weighted by Gasteiger charge is -2.15. The van der Waals surface area contributed by atoms with Crippen molar-refractivity contribution < 1.29 is 14.3 Å². The van der Waals surface area contributed by atoms with Crippen LogP contribution in [0, 0.1) is 13.8 Å². The summed E-state index contributed by atoms with van der Waals surface area (Å²) in [6.07, 6.45) is 0. The summed E-state index contributed by atoms with van der Waals surface area (Å²) < 4.78 is 5.27. The largest absolute Gasteiger partial charge is 0.548 e. The highest BCUT2D eigenvalue weighted by Gasteiger charge is 2.14. The zero-order valence-electron chi connectivity index (χ0n) is 9.64. The number of anilines is 1. The molecule has 1 N–H and O–H groups in total. The molecule has 2 aromatic heterocycles. The highest BCUT2D eigenvalue weighted by Crippen LogP contribution is 2.20. The molecule has 2 aromatic rings. The fraction of sp³-hybridized carbons (Fsp3) is 0.400. The van der Waals surface area contributed by atoms with Gasteiger partial charge in [-0.25, -0.2) is 9.97 Å². The number of carboxylic acid groups (broad SMARTS) is 1. The van der Waals surface area contributed by atoms with Gasteiger partial charge in [0.05, 0.1) is 12.0 Å². The number of carboxylic acids is 1. The third-order valence-corrected chi connectivity index (χ3v) is 2.18. The monoisotopic (exact) mass is 235 g/mol. The number of nitrogens with zero attached hydrogens (tertiary/aromatic N) is 3. The topological polar surface area (TPSA) is 104 Å². The number of aliphatic carboxylic acids is 1. The van der Waals surface area contributed by atoms with Gasteiger partial charge in [-0.15, -0.1) is 0 Å². The summed E-state index contributed by atoms with van der Waals surface area (Å²) in [7, 11) is 0. The van der Waals surface area contributed by atoms with Gasteiger partial charge in [-0.1, -0.05) is 0 Å². The Labute approximate surface area is 96.9 Å². The number of oxazole rings is 1. The van der Waals surface area contributed by atoms with E-state index in [9.17, 15) is 9.90 Å². The van der Waals surface area contributed by atoms with Crippen molar-refractivity contribution in [3.05, 3.63) is 11.7 Å². The molecular weight excluding hydrogens is 224 g/mol. The molecule has 17 heavy (non-hydrogen) atoms. The molecule has 2 heterocycles. The van der Waals surface area contributed by atoms with Gasteiger partial charge in [-0.2, -0.15) is 4.98 Å². The lowest BCUT2D eigenvalue weighted by molar-refractivity contribution is -0.306. The molecule has 7 heteroatoms. The summed E-state index contributed by atoms with van der Waals surface area (Å²) in [6, 6.07) is -0.871. The van der Waals surface area contributed by atoms with Crippen LogP contribution in [0.5, 0.6) is 0 Å². The van der Waals surface area contributed by atoms with E-state index in [-0.39, 0.29) is 0 Å².